The highest BCUT2D eigenvalue weighted by Crippen LogP contribution is 2.27. The highest BCUT2D eigenvalue weighted by atomic mass is 16.3. The van der Waals surface area contributed by atoms with Gasteiger partial charge in [0.25, 0.3) is 0 Å². The number of amides is 1. The molecule has 94 valence electrons. The van der Waals surface area contributed by atoms with E-state index in [1.165, 1.54) is 6.42 Å². The maximum atomic E-state index is 11.8. The molecule has 16 heavy (non-hydrogen) atoms. The molecule has 0 heterocycles. The topological polar surface area (TPSA) is 75.4 Å². The highest BCUT2D eigenvalue weighted by molar-refractivity contribution is 5.82. The van der Waals surface area contributed by atoms with E-state index in [2.05, 4.69) is 5.32 Å². The van der Waals surface area contributed by atoms with E-state index >= 15 is 0 Å². The fourth-order valence-electron chi connectivity index (χ4n) is 2.35. The number of rotatable bonds is 5. The van der Waals surface area contributed by atoms with Gasteiger partial charge in [0.2, 0.25) is 5.91 Å². The number of hydrogen-bond acceptors (Lipinski definition) is 3. The molecule has 1 aliphatic rings. The number of nitrogens with one attached hydrogen (secondary N) is 1. The van der Waals surface area contributed by atoms with Crippen LogP contribution in [0.1, 0.15) is 51.9 Å². The molecule has 0 spiro atoms. The number of hydrogen-bond donors (Lipinski definition) is 3. The van der Waals surface area contributed by atoms with Crippen molar-refractivity contribution in [3.05, 3.63) is 0 Å². The lowest BCUT2D eigenvalue weighted by atomic mass is 9.82. The number of aliphatic hydroxyl groups excluding tert-OH is 1. The van der Waals surface area contributed by atoms with Gasteiger partial charge in [-0.3, -0.25) is 4.79 Å². The Morgan fingerprint density at radius 3 is 2.56 bits per heavy atom. The van der Waals surface area contributed by atoms with Gasteiger partial charge in [0.05, 0.1) is 18.2 Å². The summed E-state index contributed by atoms with van der Waals surface area (Å²) in [5.41, 5.74) is 5.36. The second kappa shape index (κ2) is 6.21. The summed E-state index contributed by atoms with van der Waals surface area (Å²) in [5.74, 6) is -0.113. The van der Waals surface area contributed by atoms with E-state index < -0.39 is 11.6 Å². The summed E-state index contributed by atoms with van der Waals surface area (Å²) in [6, 6.07) is -0.435. The minimum absolute atomic E-state index is 0.0254. The van der Waals surface area contributed by atoms with Gasteiger partial charge in [0, 0.05) is 0 Å². The lowest BCUT2D eigenvalue weighted by molar-refractivity contribution is -0.125. The third kappa shape index (κ3) is 3.46. The minimum atomic E-state index is -0.435. The molecule has 1 rings (SSSR count). The second-order valence-electron chi connectivity index (χ2n) is 4.88. The zero-order valence-corrected chi connectivity index (χ0v) is 10.2. The molecule has 1 fully saturated rings. The van der Waals surface area contributed by atoms with Gasteiger partial charge in [-0.15, -0.1) is 0 Å². The van der Waals surface area contributed by atoms with E-state index in [9.17, 15) is 9.90 Å². The van der Waals surface area contributed by atoms with Crippen LogP contribution in [0.3, 0.4) is 0 Å². The SMILES string of the molecule is CCC[C@H](N)C(=O)NC1(CO)CCCCC1. The Labute approximate surface area is 97.6 Å². The molecule has 4 nitrogen and oxygen atoms in total. The third-order valence-electron chi connectivity index (χ3n) is 3.44. The van der Waals surface area contributed by atoms with Gasteiger partial charge in [0.15, 0.2) is 0 Å². The van der Waals surface area contributed by atoms with Crippen LogP contribution in [0.25, 0.3) is 0 Å². The Hall–Kier alpha value is -0.610. The van der Waals surface area contributed by atoms with Gasteiger partial charge in [-0.25, -0.2) is 0 Å². The Kier molecular flexibility index (Phi) is 5.22. The summed E-state index contributed by atoms with van der Waals surface area (Å²) in [6.45, 7) is 2.03. The Bertz CT molecular complexity index is 225. The summed E-state index contributed by atoms with van der Waals surface area (Å²) < 4.78 is 0. The first-order chi connectivity index (χ1) is 7.63. The zero-order chi connectivity index (χ0) is 12.0. The normalized spacial score (nSPS) is 21.4. The van der Waals surface area contributed by atoms with E-state index in [1.807, 2.05) is 6.92 Å². The van der Waals surface area contributed by atoms with Crippen LogP contribution < -0.4 is 11.1 Å². The fraction of sp³-hybridized carbons (Fsp3) is 0.917. The minimum Gasteiger partial charge on any atom is -0.394 e. The van der Waals surface area contributed by atoms with Crippen LogP contribution in [0, 0.1) is 0 Å². The molecule has 0 aromatic heterocycles. The highest BCUT2D eigenvalue weighted by Gasteiger charge is 2.33. The van der Waals surface area contributed by atoms with Crippen molar-refractivity contribution < 1.29 is 9.90 Å². The predicted molar refractivity (Wildman–Crippen MR) is 63.9 cm³/mol. The zero-order valence-electron chi connectivity index (χ0n) is 10.2. The predicted octanol–water partition coefficient (Wildman–Crippen LogP) is 0.925. The van der Waals surface area contributed by atoms with E-state index in [-0.39, 0.29) is 12.5 Å². The van der Waals surface area contributed by atoms with Crippen molar-refractivity contribution in [2.75, 3.05) is 6.61 Å². The number of carbonyl (C=O) groups excluding carboxylic acids is 1. The standard InChI is InChI=1S/C12H24N2O2/c1-2-6-10(13)11(16)14-12(9-15)7-4-3-5-8-12/h10,15H,2-9,13H2,1H3,(H,14,16)/t10-/m0/s1. The average Bonchev–Trinajstić information content (AvgIpc) is 2.30. The summed E-state index contributed by atoms with van der Waals surface area (Å²) in [5, 5.41) is 12.4. The van der Waals surface area contributed by atoms with Crippen LogP contribution >= 0.6 is 0 Å². The molecule has 0 aromatic rings. The maximum absolute atomic E-state index is 11.8. The first kappa shape index (κ1) is 13.5. The number of nitrogens with two attached hydrogens (primary N) is 1. The van der Waals surface area contributed by atoms with Crippen LogP contribution in [0.4, 0.5) is 0 Å². The van der Waals surface area contributed by atoms with Gasteiger partial charge in [-0.05, 0) is 19.3 Å². The van der Waals surface area contributed by atoms with Crippen molar-refractivity contribution >= 4 is 5.91 Å². The molecule has 1 amide bonds. The summed E-state index contributed by atoms with van der Waals surface area (Å²) >= 11 is 0. The molecule has 0 aromatic carbocycles. The van der Waals surface area contributed by atoms with Crippen LogP contribution in [-0.2, 0) is 4.79 Å². The molecule has 1 atom stereocenters. The molecule has 4 N–H and O–H groups in total. The molecule has 0 unspecified atom stereocenters. The summed E-state index contributed by atoms with van der Waals surface area (Å²) in [6.07, 6.45) is 6.68. The van der Waals surface area contributed by atoms with Gasteiger partial charge in [-0.1, -0.05) is 32.6 Å². The smallest absolute Gasteiger partial charge is 0.237 e. The number of carbonyl (C=O) groups is 1. The van der Waals surface area contributed by atoms with Crippen LogP contribution in [0.5, 0.6) is 0 Å². The molecule has 0 saturated heterocycles. The van der Waals surface area contributed by atoms with E-state index in [4.69, 9.17) is 5.73 Å². The monoisotopic (exact) mass is 228 g/mol. The quantitative estimate of drug-likeness (QED) is 0.655. The van der Waals surface area contributed by atoms with Crippen molar-refractivity contribution in [3.8, 4) is 0 Å². The first-order valence-corrected chi connectivity index (χ1v) is 6.32. The Morgan fingerprint density at radius 2 is 2.06 bits per heavy atom. The Balaban J connectivity index is 2.51. The third-order valence-corrected chi connectivity index (χ3v) is 3.44. The maximum Gasteiger partial charge on any atom is 0.237 e. The van der Waals surface area contributed by atoms with Crippen molar-refractivity contribution in [1.82, 2.24) is 5.32 Å². The molecule has 0 radical (unpaired) electrons. The lowest BCUT2D eigenvalue weighted by Crippen LogP contribution is -2.56. The summed E-state index contributed by atoms with van der Waals surface area (Å²) in [7, 11) is 0. The number of aliphatic hydroxyl groups is 1. The van der Waals surface area contributed by atoms with Crippen molar-refractivity contribution in [2.24, 2.45) is 5.73 Å². The van der Waals surface area contributed by atoms with E-state index in [0.29, 0.717) is 6.42 Å². The second-order valence-corrected chi connectivity index (χ2v) is 4.88. The lowest BCUT2D eigenvalue weighted by Gasteiger charge is -2.37. The molecule has 0 aliphatic heterocycles. The van der Waals surface area contributed by atoms with Gasteiger partial charge >= 0.3 is 0 Å². The average molecular weight is 228 g/mol. The van der Waals surface area contributed by atoms with Crippen molar-refractivity contribution in [1.29, 1.82) is 0 Å². The Morgan fingerprint density at radius 1 is 1.44 bits per heavy atom. The van der Waals surface area contributed by atoms with Crippen molar-refractivity contribution in [3.63, 3.8) is 0 Å². The van der Waals surface area contributed by atoms with Gasteiger partial charge in [-0.2, -0.15) is 0 Å². The van der Waals surface area contributed by atoms with Crippen LogP contribution in [0.15, 0.2) is 0 Å². The van der Waals surface area contributed by atoms with Crippen molar-refractivity contribution in [2.45, 2.75) is 63.5 Å². The van der Waals surface area contributed by atoms with E-state index in [1.54, 1.807) is 0 Å². The van der Waals surface area contributed by atoms with E-state index in [0.717, 1.165) is 32.1 Å². The van der Waals surface area contributed by atoms with Crippen LogP contribution in [0.2, 0.25) is 0 Å². The van der Waals surface area contributed by atoms with Gasteiger partial charge < -0.3 is 16.2 Å². The van der Waals surface area contributed by atoms with Crippen LogP contribution in [-0.4, -0.2) is 29.2 Å². The largest absolute Gasteiger partial charge is 0.394 e. The summed E-state index contributed by atoms with van der Waals surface area (Å²) in [4.78, 5) is 11.8. The molecular formula is C12H24N2O2. The molecule has 1 saturated carbocycles. The van der Waals surface area contributed by atoms with Gasteiger partial charge in [0.1, 0.15) is 0 Å². The molecule has 4 heteroatoms. The fourth-order valence-corrected chi connectivity index (χ4v) is 2.35. The molecule has 1 aliphatic carbocycles. The molecular weight excluding hydrogens is 204 g/mol. The first-order valence-electron chi connectivity index (χ1n) is 6.32. The molecule has 0 bridgehead atoms.